The molecular formula is C22H22F6N2O2. The number of hydrogen-bond donors (Lipinski definition) is 1. The molecule has 0 saturated carbocycles. The quantitative estimate of drug-likeness (QED) is 0.555. The summed E-state index contributed by atoms with van der Waals surface area (Å²) in [6, 6.07) is 7.45. The van der Waals surface area contributed by atoms with Crippen LogP contribution in [0.3, 0.4) is 0 Å². The first kappa shape index (κ1) is 23.9. The molecule has 1 aliphatic heterocycles. The Kier molecular flexibility index (Phi) is 6.73. The Morgan fingerprint density at radius 2 is 1.69 bits per heavy atom. The van der Waals surface area contributed by atoms with E-state index in [0.717, 1.165) is 18.2 Å². The molecular weight excluding hydrogens is 438 g/mol. The van der Waals surface area contributed by atoms with Gasteiger partial charge in [0, 0.05) is 19.6 Å². The van der Waals surface area contributed by atoms with Gasteiger partial charge in [-0.05, 0) is 47.4 Å². The molecule has 0 saturated heterocycles. The van der Waals surface area contributed by atoms with Gasteiger partial charge in [-0.3, -0.25) is 4.79 Å². The van der Waals surface area contributed by atoms with Crippen LogP contribution in [0, 0.1) is 5.92 Å². The lowest BCUT2D eigenvalue weighted by molar-refractivity contribution is -0.274. The minimum absolute atomic E-state index is 0.0178. The van der Waals surface area contributed by atoms with Crippen molar-refractivity contribution in [2.75, 3.05) is 6.54 Å². The summed E-state index contributed by atoms with van der Waals surface area (Å²) < 4.78 is 81.7. The Morgan fingerprint density at radius 3 is 2.25 bits per heavy atom. The molecule has 2 aromatic carbocycles. The van der Waals surface area contributed by atoms with Gasteiger partial charge in [-0.25, -0.2) is 0 Å². The topological polar surface area (TPSA) is 41.6 Å². The summed E-state index contributed by atoms with van der Waals surface area (Å²) in [7, 11) is 0. The summed E-state index contributed by atoms with van der Waals surface area (Å²) >= 11 is 0. The number of amides is 1. The van der Waals surface area contributed by atoms with Gasteiger partial charge in [0.25, 0.3) is 5.91 Å². The molecule has 32 heavy (non-hydrogen) atoms. The van der Waals surface area contributed by atoms with E-state index >= 15 is 0 Å². The second-order valence-electron chi connectivity index (χ2n) is 8.05. The lowest BCUT2D eigenvalue weighted by Gasteiger charge is -2.17. The highest BCUT2D eigenvalue weighted by atomic mass is 19.4. The number of carbonyl (C=O) groups excluding carboxylic acids is 1. The lowest BCUT2D eigenvalue weighted by Crippen LogP contribution is -2.24. The molecule has 1 aliphatic rings. The fraction of sp³-hybridized carbons (Fsp3) is 0.409. The molecule has 4 nitrogen and oxygen atoms in total. The molecule has 0 fully saturated rings. The fourth-order valence-electron chi connectivity index (χ4n) is 3.56. The molecule has 0 atom stereocenters. The van der Waals surface area contributed by atoms with Crippen molar-refractivity contribution in [2.45, 2.75) is 46.0 Å². The third kappa shape index (κ3) is 5.93. The largest absolute Gasteiger partial charge is 0.573 e. The zero-order chi connectivity index (χ0) is 23.7. The predicted molar refractivity (Wildman–Crippen MR) is 105 cm³/mol. The molecule has 1 heterocycles. The van der Waals surface area contributed by atoms with Gasteiger partial charge in [-0.1, -0.05) is 32.0 Å². The fourth-order valence-corrected chi connectivity index (χ4v) is 3.56. The molecule has 1 amide bonds. The Morgan fingerprint density at radius 1 is 1.03 bits per heavy atom. The highest BCUT2D eigenvalue weighted by Gasteiger charge is 2.41. The summed E-state index contributed by atoms with van der Waals surface area (Å²) in [5.41, 5.74) is -0.170. The number of benzene rings is 2. The van der Waals surface area contributed by atoms with Crippen molar-refractivity contribution in [1.29, 1.82) is 0 Å². The third-order valence-corrected chi connectivity index (χ3v) is 4.86. The number of rotatable bonds is 7. The van der Waals surface area contributed by atoms with E-state index in [1.54, 1.807) is 6.07 Å². The van der Waals surface area contributed by atoms with E-state index in [1.165, 1.54) is 17.0 Å². The van der Waals surface area contributed by atoms with Crippen molar-refractivity contribution >= 4 is 5.91 Å². The first-order chi connectivity index (χ1) is 14.8. The minimum Gasteiger partial charge on any atom is -0.406 e. The minimum atomic E-state index is -4.83. The summed E-state index contributed by atoms with van der Waals surface area (Å²) in [6.45, 7) is 4.78. The number of halogens is 6. The SMILES string of the molecule is CC(C)CNCc1cc2c(c(C(F)(F)F)c1)C(=O)N(Cc1ccc(OC(F)(F)F)cc1)C2. The van der Waals surface area contributed by atoms with E-state index in [1.807, 2.05) is 13.8 Å². The number of nitrogens with one attached hydrogen (secondary N) is 1. The first-order valence-corrected chi connectivity index (χ1v) is 9.91. The zero-order valence-electron chi connectivity index (χ0n) is 17.4. The van der Waals surface area contributed by atoms with Crippen molar-refractivity contribution in [1.82, 2.24) is 10.2 Å². The monoisotopic (exact) mass is 460 g/mol. The molecule has 0 spiro atoms. The molecule has 0 unspecified atom stereocenters. The third-order valence-electron chi connectivity index (χ3n) is 4.86. The van der Waals surface area contributed by atoms with Crippen LogP contribution in [-0.4, -0.2) is 23.7 Å². The van der Waals surface area contributed by atoms with Crippen LogP contribution in [0.2, 0.25) is 0 Å². The van der Waals surface area contributed by atoms with Crippen molar-refractivity contribution < 1.29 is 35.9 Å². The predicted octanol–water partition coefficient (Wildman–Crippen LogP) is 5.51. The van der Waals surface area contributed by atoms with Crippen LogP contribution < -0.4 is 10.1 Å². The molecule has 0 aliphatic carbocycles. The highest BCUT2D eigenvalue weighted by Crippen LogP contribution is 2.38. The zero-order valence-corrected chi connectivity index (χ0v) is 17.4. The maximum absolute atomic E-state index is 13.7. The average Bonchev–Trinajstić information content (AvgIpc) is 2.96. The summed E-state index contributed by atoms with van der Waals surface area (Å²) in [5.74, 6) is -0.851. The van der Waals surface area contributed by atoms with Crippen LogP contribution in [0.4, 0.5) is 26.3 Å². The van der Waals surface area contributed by atoms with Crippen molar-refractivity contribution in [3.63, 3.8) is 0 Å². The maximum Gasteiger partial charge on any atom is 0.573 e. The molecule has 0 aromatic heterocycles. The molecule has 1 N–H and O–H groups in total. The van der Waals surface area contributed by atoms with Crippen LogP contribution in [0.25, 0.3) is 0 Å². The van der Waals surface area contributed by atoms with E-state index < -0.39 is 29.8 Å². The maximum atomic E-state index is 13.7. The lowest BCUT2D eigenvalue weighted by atomic mass is 9.98. The van der Waals surface area contributed by atoms with E-state index in [-0.39, 0.29) is 30.8 Å². The Labute approximate surface area is 181 Å². The molecule has 3 rings (SSSR count). The van der Waals surface area contributed by atoms with Crippen LogP contribution in [0.1, 0.15) is 46.5 Å². The van der Waals surface area contributed by atoms with Gasteiger partial charge in [-0.15, -0.1) is 13.2 Å². The number of nitrogens with zero attached hydrogens (tertiary/aromatic N) is 1. The van der Waals surface area contributed by atoms with Gasteiger partial charge >= 0.3 is 12.5 Å². The van der Waals surface area contributed by atoms with Gasteiger partial charge in [-0.2, -0.15) is 13.2 Å². The van der Waals surface area contributed by atoms with E-state index in [4.69, 9.17) is 0 Å². The van der Waals surface area contributed by atoms with Crippen LogP contribution in [-0.2, 0) is 25.8 Å². The van der Waals surface area contributed by atoms with Gasteiger partial charge in [0.2, 0.25) is 0 Å². The summed E-state index contributed by atoms with van der Waals surface area (Å²) in [4.78, 5) is 14.0. The van der Waals surface area contributed by atoms with Crippen molar-refractivity contribution in [3.05, 3.63) is 64.2 Å². The number of alkyl halides is 6. The normalized spacial score (nSPS) is 14.3. The van der Waals surface area contributed by atoms with E-state index in [0.29, 0.717) is 23.6 Å². The number of ether oxygens (including phenoxy) is 1. The molecule has 0 bridgehead atoms. The Hall–Kier alpha value is -2.75. The van der Waals surface area contributed by atoms with Crippen LogP contribution in [0.5, 0.6) is 5.75 Å². The van der Waals surface area contributed by atoms with E-state index in [9.17, 15) is 31.1 Å². The van der Waals surface area contributed by atoms with Gasteiger partial charge in [0.1, 0.15) is 5.75 Å². The molecule has 10 heteroatoms. The average molecular weight is 460 g/mol. The van der Waals surface area contributed by atoms with Crippen LogP contribution in [0.15, 0.2) is 36.4 Å². The van der Waals surface area contributed by atoms with Gasteiger partial charge in [0.15, 0.2) is 0 Å². The Balaban J connectivity index is 1.80. The first-order valence-electron chi connectivity index (χ1n) is 9.91. The number of hydrogen-bond acceptors (Lipinski definition) is 3. The van der Waals surface area contributed by atoms with Gasteiger partial charge < -0.3 is 15.0 Å². The molecule has 0 radical (unpaired) electrons. The smallest absolute Gasteiger partial charge is 0.406 e. The van der Waals surface area contributed by atoms with Crippen molar-refractivity contribution in [3.8, 4) is 5.75 Å². The second-order valence-corrected chi connectivity index (χ2v) is 8.05. The Bertz CT molecular complexity index is 968. The van der Waals surface area contributed by atoms with Crippen LogP contribution >= 0.6 is 0 Å². The van der Waals surface area contributed by atoms with Crippen molar-refractivity contribution in [2.24, 2.45) is 5.92 Å². The standard InChI is InChI=1S/C22H22F6N2O2/c1-13(2)9-29-10-15-7-16-12-30(20(31)19(16)18(8-15)21(23,24)25)11-14-3-5-17(6-4-14)32-22(26,27)28/h3-8,13,29H,9-12H2,1-2H3. The summed E-state index contributed by atoms with van der Waals surface area (Å²) in [5, 5.41) is 3.10. The molecule has 174 valence electrons. The number of fused-ring (bicyclic) bond motifs is 1. The highest BCUT2D eigenvalue weighted by molar-refractivity contribution is 6.00. The molecule has 2 aromatic rings. The summed E-state index contributed by atoms with van der Waals surface area (Å²) in [6.07, 6.45) is -9.52. The van der Waals surface area contributed by atoms with Gasteiger partial charge in [0.05, 0.1) is 11.1 Å². The van der Waals surface area contributed by atoms with E-state index in [2.05, 4.69) is 10.1 Å². The number of carbonyl (C=O) groups is 1. The second kappa shape index (κ2) is 9.01.